The summed E-state index contributed by atoms with van der Waals surface area (Å²) in [6.45, 7) is 10.2. The largest absolute Gasteiger partial charge is 0.357 e. The Morgan fingerprint density at radius 2 is 1.78 bits per heavy atom. The highest BCUT2D eigenvalue weighted by Crippen LogP contribution is 2.17. The summed E-state index contributed by atoms with van der Waals surface area (Å²) in [7, 11) is 0. The predicted octanol–water partition coefficient (Wildman–Crippen LogP) is 0.820. The quantitative estimate of drug-likeness (QED) is 0.577. The fourth-order valence-corrected chi connectivity index (χ4v) is 2.16. The van der Waals surface area contributed by atoms with Crippen molar-refractivity contribution in [3.05, 3.63) is 0 Å². The van der Waals surface area contributed by atoms with Crippen molar-refractivity contribution in [2.45, 2.75) is 33.6 Å². The molecule has 1 aliphatic rings. The monoisotopic (exact) mass is 254 g/mol. The SMILES string of the molecule is CCNC(=NCC1CCN(C(C)=O)CC1)NCC. The maximum atomic E-state index is 11.2. The van der Waals surface area contributed by atoms with E-state index in [2.05, 4.69) is 29.5 Å². The Bertz CT molecular complexity index is 275. The van der Waals surface area contributed by atoms with E-state index in [1.165, 1.54) is 0 Å². The first-order valence-electron chi connectivity index (χ1n) is 6.95. The molecule has 0 aromatic rings. The van der Waals surface area contributed by atoms with E-state index in [0.717, 1.165) is 51.5 Å². The number of nitrogens with zero attached hydrogens (tertiary/aromatic N) is 2. The summed E-state index contributed by atoms with van der Waals surface area (Å²) in [5.74, 6) is 1.69. The molecule has 1 aliphatic heterocycles. The third-order valence-electron chi connectivity index (χ3n) is 3.26. The fraction of sp³-hybridized carbons (Fsp3) is 0.846. The smallest absolute Gasteiger partial charge is 0.219 e. The number of amides is 1. The van der Waals surface area contributed by atoms with E-state index >= 15 is 0 Å². The molecule has 1 rings (SSSR count). The minimum atomic E-state index is 0.193. The Labute approximate surface area is 110 Å². The van der Waals surface area contributed by atoms with Crippen molar-refractivity contribution in [3.63, 3.8) is 0 Å². The van der Waals surface area contributed by atoms with Gasteiger partial charge in [-0.3, -0.25) is 9.79 Å². The molecule has 0 spiro atoms. The van der Waals surface area contributed by atoms with Gasteiger partial charge in [0.2, 0.25) is 5.91 Å². The van der Waals surface area contributed by atoms with E-state index < -0.39 is 0 Å². The van der Waals surface area contributed by atoms with Gasteiger partial charge in [-0.2, -0.15) is 0 Å². The number of carbonyl (C=O) groups excluding carboxylic acids is 1. The molecule has 1 amide bonds. The molecule has 0 aromatic heterocycles. The molecule has 1 fully saturated rings. The number of hydrogen-bond acceptors (Lipinski definition) is 2. The van der Waals surface area contributed by atoms with Crippen molar-refractivity contribution < 1.29 is 4.79 Å². The van der Waals surface area contributed by atoms with E-state index in [1.54, 1.807) is 6.92 Å². The van der Waals surface area contributed by atoms with Crippen molar-refractivity contribution in [3.8, 4) is 0 Å². The summed E-state index contributed by atoms with van der Waals surface area (Å²) in [6.07, 6.45) is 2.13. The van der Waals surface area contributed by atoms with Gasteiger partial charge in [0.25, 0.3) is 0 Å². The molecule has 0 unspecified atom stereocenters. The number of hydrogen-bond donors (Lipinski definition) is 2. The highest BCUT2D eigenvalue weighted by molar-refractivity contribution is 5.79. The molecule has 0 saturated carbocycles. The fourth-order valence-electron chi connectivity index (χ4n) is 2.16. The first-order chi connectivity index (χ1) is 8.67. The number of nitrogens with one attached hydrogen (secondary N) is 2. The number of likely N-dealkylation sites (tertiary alicyclic amines) is 1. The van der Waals surface area contributed by atoms with Gasteiger partial charge < -0.3 is 15.5 Å². The van der Waals surface area contributed by atoms with Crippen molar-refractivity contribution >= 4 is 11.9 Å². The normalized spacial score (nSPS) is 16.3. The maximum Gasteiger partial charge on any atom is 0.219 e. The van der Waals surface area contributed by atoms with Gasteiger partial charge in [-0.05, 0) is 32.6 Å². The minimum absolute atomic E-state index is 0.193. The first kappa shape index (κ1) is 14.8. The third kappa shape index (κ3) is 4.94. The van der Waals surface area contributed by atoms with Gasteiger partial charge in [0.15, 0.2) is 5.96 Å². The number of rotatable bonds is 4. The summed E-state index contributed by atoms with van der Waals surface area (Å²) in [5, 5.41) is 6.45. The zero-order chi connectivity index (χ0) is 13.4. The van der Waals surface area contributed by atoms with Crippen molar-refractivity contribution in [2.75, 3.05) is 32.7 Å². The average molecular weight is 254 g/mol. The van der Waals surface area contributed by atoms with E-state index in [0.29, 0.717) is 5.92 Å². The van der Waals surface area contributed by atoms with Crippen LogP contribution in [0.5, 0.6) is 0 Å². The molecule has 5 heteroatoms. The van der Waals surface area contributed by atoms with E-state index in [1.807, 2.05) is 4.90 Å². The van der Waals surface area contributed by atoms with Crippen LogP contribution in [0.25, 0.3) is 0 Å². The molecule has 1 heterocycles. The lowest BCUT2D eigenvalue weighted by Gasteiger charge is -2.30. The summed E-state index contributed by atoms with van der Waals surface area (Å²) in [6, 6.07) is 0. The Hall–Kier alpha value is -1.26. The molecule has 0 atom stereocenters. The molecular formula is C13H26N4O. The average Bonchev–Trinajstić information content (AvgIpc) is 2.37. The molecule has 5 nitrogen and oxygen atoms in total. The van der Waals surface area contributed by atoms with Gasteiger partial charge in [-0.1, -0.05) is 0 Å². The summed E-state index contributed by atoms with van der Waals surface area (Å²) in [5.41, 5.74) is 0. The van der Waals surface area contributed by atoms with E-state index in [9.17, 15) is 4.79 Å². The Balaban J connectivity index is 2.35. The van der Waals surface area contributed by atoms with Crippen LogP contribution >= 0.6 is 0 Å². The number of guanidine groups is 1. The summed E-state index contributed by atoms with van der Waals surface area (Å²) < 4.78 is 0. The van der Waals surface area contributed by atoms with Crippen LogP contribution in [-0.2, 0) is 4.79 Å². The molecule has 104 valence electrons. The molecule has 2 N–H and O–H groups in total. The van der Waals surface area contributed by atoms with Gasteiger partial charge in [-0.15, -0.1) is 0 Å². The van der Waals surface area contributed by atoms with Crippen LogP contribution in [0, 0.1) is 5.92 Å². The first-order valence-corrected chi connectivity index (χ1v) is 6.95. The summed E-state index contributed by atoms with van der Waals surface area (Å²) in [4.78, 5) is 17.7. The van der Waals surface area contributed by atoms with Gasteiger partial charge >= 0.3 is 0 Å². The third-order valence-corrected chi connectivity index (χ3v) is 3.26. The van der Waals surface area contributed by atoms with Gasteiger partial charge in [0.1, 0.15) is 0 Å². The summed E-state index contributed by atoms with van der Waals surface area (Å²) >= 11 is 0. The second-order valence-electron chi connectivity index (χ2n) is 4.70. The number of aliphatic imine (C=N–C) groups is 1. The zero-order valence-corrected chi connectivity index (χ0v) is 11.8. The lowest BCUT2D eigenvalue weighted by Crippen LogP contribution is -2.39. The topological polar surface area (TPSA) is 56.7 Å². The Kier molecular flexibility index (Phi) is 6.54. The van der Waals surface area contributed by atoms with E-state index in [-0.39, 0.29) is 5.91 Å². The van der Waals surface area contributed by atoms with Crippen molar-refractivity contribution in [1.29, 1.82) is 0 Å². The van der Waals surface area contributed by atoms with E-state index in [4.69, 9.17) is 0 Å². The minimum Gasteiger partial charge on any atom is -0.357 e. The van der Waals surface area contributed by atoms with Crippen LogP contribution in [0.2, 0.25) is 0 Å². The second kappa shape index (κ2) is 7.95. The molecule has 18 heavy (non-hydrogen) atoms. The van der Waals surface area contributed by atoms with Crippen molar-refractivity contribution in [1.82, 2.24) is 15.5 Å². The Morgan fingerprint density at radius 3 is 2.22 bits per heavy atom. The van der Waals surface area contributed by atoms with Crippen LogP contribution in [0.15, 0.2) is 4.99 Å². The van der Waals surface area contributed by atoms with Crippen LogP contribution in [-0.4, -0.2) is 49.5 Å². The molecular weight excluding hydrogens is 228 g/mol. The molecule has 0 radical (unpaired) electrons. The lowest BCUT2D eigenvalue weighted by atomic mass is 9.97. The highest BCUT2D eigenvalue weighted by Gasteiger charge is 2.20. The molecule has 0 bridgehead atoms. The zero-order valence-electron chi connectivity index (χ0n) is 11.8. The molecule has 1 saturated heterocycles. The predicted molar refractivity (Wildman–Crippen MR) is 74.6 cm³/mol. The van der Waals surface area contributed by atoms with Gasteiger partial charge in [0, 0.05) is 39.6 Å². The van der Waals surface area contributed by atoms with Crippen LogP contribution < -0.4 is 10.6 Å². The highest BCUT2D eigenvalue weighted by atomic mass is 16.2. The second-order valence-corrected chi connectivity index (χ2v) is 4.70. The lowest BCUT2D eigenvalue weighted by molar-refractivity contribution is -0.130. The number of piperidine rings is 1. The standard InChI is InChI=1S/C13H26N4O/c1-4-14-13(15-5-2)16-10-12-6-8-17(9-7-12)11(3)18/h12H,4-10H2,1-3H3,(H2,14,15,16). The van der Waals surface area contributed by atoms with Crippen LogP contribution in [0.3, 0.4) is 0 Å². The maximum absolute atomic E-state index is 11.2. The number of carbonyl (C=O) groups is 1. The molecule has 0 aliphatic carbocycles. The van der Waals surface area contributed by atoms with Crippen LogP contribution in [0.1, 0.15) is 33.6 Å². The Morgan fingerprint density at radius 1 is 1.22 bits per heavy atom. The van der Waals surface area contributed by atoms with Gasteiger partial charge in [-0.25, -0.2) is 0 Å². The van der Waals surface area contributed by atoms with Gasteiger partial charge in [0.05, 0.1) is 0 Å². The van der Waals surface area contributed by atoms with Crippen molar-refractivity contribution in [2.24, 2.45) is 10.9 Å². The van der Waals surface area contributed by atoms with Crippen LogP contribution in [0.4, 0.5) is 0 Å². The molecule has 0 aromatic carbocycles.